The smallest absolute Gasteiger partial charge is 0.376 e. The van der Waals surface area contributed by atoms with Crippen molar-refractivity contribution < 1.29 is 22.6 Å². The van der Waals surface area contributed by atoms with Crippen molar-refractivity contribution in [3.63, 3.8) is 0 Å². The van der Waals surface area contributed by atoms with Crippen molar-refractivity contribution >= 4 is 11.5 Å². The topological polar surface area (TPSA) is 64.8 Å². The summed E-state index contributed by atoms with van der Waals surface area (Å²) in [5.41, 5.74) is 0.0433. The van der Waals surface area contributed by atoms with E-state index in [1.54, 1.807) is 18.0 Å². The van der Waals surface area contributed by atoms with Gasteiger partial charge in [-0.1, -0.05) is 0 Å². The fourth-order valence-corrected chi connectivity index (χ4v) is 2.20. The predicted molar refractivity (Wildman–Crippen MR) is 69.6 cm³/mol. The van der Waals surface area contributed by atoms with E-state index in [4.69, 9.17) is 9.47 Å². The normalized spacial score (nSPS) is 19.5. The average molecular weight is 317 g/mol. The van der Waals surface area contributed by atoms with Crippen LogP contribution in [0.15, 0.2) is 12.1 Å². The maximum atomic E-state index is 12.8. The van der Waals surface area contributed by atoms with E-state index in [2.05, 4.69) is 15.3 Å². The third kappa shape index (κ3) is 2.97. The van der Waals surface area contributed by atoms with Gasteiger partial charge in [0.15, 0.2) is 5.65 Å². The van der Waals surface area contributed by atoms with Gasteiger partial charge >= 0.3 is 6.18 Å². The zero-order chi connectivity index (χ0) is 15.7. The van der Waals surface area contributed by atoms with Gasteiger partial charge in [-0.15, -0.1) is 15.3 Å². The minimum absolute atomic E-state index is 0.0433. The van der Waals surface area contributed by atoms with Crippen LogP contribution in [0.25, 0.3) is 5.65 Å². The highest BCUT2D eigenvalue weighted by Gasteiger charge is 2.37. The molecule has 3 heterocycles. The molecule has 0 radical (unpaired) electrons. The molecule has 1 aliphatic rings. The molecule has 3 rings (SSSR count). The Morgan fingerprint density at radius 2 is 2.14 bits per heavy atom. The first-order valence-electron chi connectivity index (χ1n) is 6.65. The molecule has 1 atom stereocenters. The van der Waals surface area contributed by atoms with Gasteiger partial charge in [-0.25, -0.2) is 0 Å². The van der Waals surface area contributed by atoms with Gasteiger partial charge in [0, 0.05) is 13.6 Å². The monoisotopic (exact) mass is 317 g/mol. The number of likely N-dealkylation sites (N-methyl/N-ethyl adjacent to an activating group) is 1. The van der Waals surface area contributed by atoms with Crippen LogP contribution in [0.1, 0.15) is 5.82 Å². The Kier molecular flexibility index (Phi) is 3.87. The standard InChI is InChI=1S/C12H14F3N5O2/c1-19(6-8-7-21-4-5-22-8)10-3-2-9-16-17-11(12(13,14)15)20(9)18-10/h2-3,8H,4-7H2,1H3. The number of rotatable bonds is 3. The number of nitrogens with zero attached hydrogens (tertiary/aromatic N) is 5. The Morgan fingerprint density at radius 1 is 1.32 bits per heavy atom. The summed E-state index contributed by atoms with van der Waals surface area (Å²) in [6.07, 6.45) is -4.75. The van der Waals surface area contributed by atoms with Gasteiger partial charge < -0.3 is 14.4 Å². The molecule has 0 N–H and O–H groups in total. The summed E-state index contributed by atoms with van der Waals surface area (Å²) in [6.45, 7) is 1.98. The lowest BCUT2D eigenvalue weighted by Gasteiger charge is -2.27. The highest BCUT2D eigenvalue weighted by atomic mass is 19.4. The summed E-state index contributed by atoms with van der Waals surface area (Å²) >= 11 is 0. The summed E-state index contributed by atoms with van der Waals surface area (Å²) in [7, 11) is 1.73. The second-order valence-electron chi connectivity index (χ2n) is 4.93. The molecule has 22 heavy (non-hydrogen) atoms. The fourth-order valence-electron chi connectivity index (χ4n) is 2.20. The molecule has 0 amide bonds. The van der Waals surface area contributed by atoms with Gasteiger partial charge in [-0.2, -0.15) is 17.7 Å². The van der Waals surface area contributed by atoms with E-state index in [-0.39, 0.29) is 11.8 Å². The lowest BCUT2D eigenvalue weighted by Crippen LogP contribution is -2.38. The average Bonchev–Trinajstić information content (AvgIpc) is 2.91. The molecular weight excluding hydrogens is 303 g/mol. The molecule has 1 unspecified atom stereocenters. The second kappa shape index (κ2) is 5.69. The van der Waals surface area contributed by atoms with E-state index in [0.29, 0.717) is 36.7 Å². The number of hydrogen-bond acceptors (Lipinski definition) is 6. The number of halogens is 3. The van der Waals surface area contributed by atoms with Crippen molar-refractivity contribution in [3.8, 4) is 0 Å². The van der Waals surface area contributed by atoms with Gasteiger partial charge in [0.2, 0.25) is 0 Å². The van der Waals surface area contributed by atoms with Crippen molar-refractivity contribution in [2.75, 3.05) is 38.3 Å². The number of anilines is 1. The van der Waals surface area contributed by atoms with Gasteiger partial charge in [-0.3, -0.25) is 0 Å². The summed E-state index contributed by atoms with van der Waals surface area (Å²) in [5.74, 6) is -0.776. The molecule has 7 nitrogen and oxygen atoms in total. The number of aromatic nitrogens is 4. The van der Waals surface area contributed by atoms with Crippen LogP contribution in [0.2, 0.25) is 0 Å². The van der Waals surface area contributed by atoms with E-state index in [1.807, 2.05) is 0 Å². The molecule has 120 valence electrons. The van der Waals surface area contributed by atoms with Crippen molar-refractivity contribution in [3.05, 3.63) is 18.0 Å². The van der Waals surface area contributed by atoms with Gasteiger partial charge in [-0.05, 0) is 12.1 Å². The predicted octanol–water partition coefficient (Wildman–Crippen LogP) is 0.995. The zero-order valence-electron chi connectivity index (χ0n) is 11.7. The molecule has 2 aromatic heterocycles. The van der Waals surface area contributed by atoms with Crippen LogP contribution in [0.4, 0.5) is 19.0 Å². The molecule has 10 heteroatoms. The molecule has 0 saturated carbocycles. The SMILES string of the molecule is CN(CC1COCCO1)c1ccc2nnc(C(F)(F)F)n2n1. The van der Waals surface area contributed by atoms with E-state index in [1.165, 1.54) is 6.07 Å². The third-order valence-corrected chi connectivity index (χ3v) is 3.26. The Labute approximate surface area is 123 Å². The van der Waals surface area contributed by atoms with Gasteiger partial charge in [0.25, 0.3) is 5.82 Å². The fraction of sp³-hybridized carbons (Fsp3) is 0.583. The van der Waals surface area contributed by atoms with Gasteiger partial charge in [0.05, 0.1) is 25.9 Å². The molecule has 0 bridgehead atoms. The summed E-state index contributed by atoms with van der Waals surface area (Å²) in [5, 5.41) is 10.6. The van der Waals surface area contributed by atoms with Crippen molar-refractivity contribution in [2.24, 2.45) is 0 Å². The first kappa shape index (κ1) is 15.0. The van der Waals surface area contributed by atoms with Crippen molar-refractivity contribution in [1.82, 2.24) is 19.8 Å². The first-order valence-corrected chi connectivity index (χ1v) is 6.65. The lowest BCUT2D eigenvalue weighted by molar-refractivity contribution is -0.146. The minimum Gasteiger partial charge on any atom is -0.376 e. The maximum absolute atomic E-state index is 12.8. The quantitative estimate of drug-likeness (QED) is 0.841. The molecule has 2 aromatic rings. The number of alkyl halides is 3. The first-order chi connectivity index (χ1) is 10.4. The van der Waals surface area contributed by atoms with E-state index < -0.39 is 12.0 Å². The molecular formula is C12H14F3N5O2. The number of ether oxygens (including phenoxy) is 2. The highest BCUT2D eigenvalue weighted by Crippen LogP contribution is 2.27. The van der Waals surface area contributed by atoms with E-state index in [9.17, 15) is 13.2 Å². The van der Waals surface area contributed by atoms with Crippen LogP contribution < -0.4 is 4.90 Å². The Bertz CT molecular complexity index is 654. The molecule has 0 spiro atoms. The lowest BCUT2D eigenvalue weighted by atomic mass is 10.3. The van der Waals surface area contributed by atoms with Crippen LogP contribution in [0.5, 0.6) is 0 Å². The van der Waals surface area contributed by atoms with Crippen LogP contribution in [0.3, 0.4) is 0 Å². The largest absolute Gasteiger partial charge is 0.453 e. The Hall–Kier alpha value is -1.94. The minimum atomic E-state index is -4.61. The second-order valence-corrected chi connectivity index (χ2v) is 4.93. The molecule has 0 aliphatic carbocycles. The maximum Gasteiger partial charge on any atom is 0.453 e. The van der Waals surface area contributed by atoms with E-state index in [0.717, 1.165) is 0 Å². The van der Waals surface area contributed by atoms with Gasteiger partial charge in [0.1, 0.15) is 5.82 Å². The number of fused-ring (bicyclic) bond motifs is 1. The van der Waals surface area contributed by atoms with Crippen molar-refractivity contribution in [1.29, 1.82) is 0 Å². The van der Waals surface area contributed by atoms with Crippen LogP contribution in [0, 0.1) is 0 Å². The molecule has 1 aliphatic heterocycles. The Morgan fingerprint density at radius 3 is 2.82 bits per heavy atom. The number of hydrogen-bond donors (Lipinski definition) is 0. The Balaban J connectivity index is 1.84. The summed E-state index contributed by atoms with van der Waals surface area (Å²) in [4.78, 5) is 1.71. The molecule has 0 aromatic carbocycles. The van der Waals surface area contributed by atoms with Crippen molar-refractivity contribution in [2.45, 2.75) is 12.3 Å². The third-order valence-electron chi connectivity index (χ3n) is 3.26. The van der Waals surface area contributed by atoms with E-state index >= 15 is 0 Å². The van der Waals surface area contributed by atoms with Crippen LogP contribution >= 0.6 is 0 Å². The van der Waals surface area contributed by atoms with Crippen LogP contribution in [-0.4, -0.2) is 59.3 Å². The highest BCUT2D eigenvalue weighted by molar-refractivity contribution is 5.45. The van der Waals surface area contributed by atoms with Crippen LogP contribution in [-0.2, 0) is 15.7 Å². The molecule has 1 fully saturated rings. The zero-order valence-corrected chi connectivity index (χ0v) is 11.7. The summed E-state index contributed by atoms with van der Waals surface area (Å²) < 4.78 is 50.0. The molecule has 1 saturated heterocycles. The summed E-state index contributed by atoms with van der Waals surface area (Å²) in [6, 6.07) is 3.03.